The number of fused-ring (bicyclic) bond motifs is 1. The second kappa shape index (κ2) is 9.26. The third-order valence-electron chi connectivity index (χ3n) is 5.32. The molecule has 0 spiro atoms. The van der Waals surface area contributed by atoms with Crippen LogP contribution in [0.5, 0.6) is 0 Å². The molecule has 4 rings (SSSR count). The summed E-state index contributed by atoms with van der Waals surface area (Å²) in [7, 11) is 0. The number of rotatable bonds is 6. The monoisotopic (exact) mass is 415 g/mol. The van der Waals surface area contributed by atoms with E-state index in [0.717, 1.165) is 29.4 Å². The van der Waals surface area contributed by atoms with Gasteiger partial charge in [-0.1, -0.05) is 91.8 Å². The van der Waals surface area contributed by atoms with Crippen LogP contribution in [0.15, 0.2) is 76.9 Å². The Morgan fingerprint density at radius 1 is 1.03 bits per heavy atom. The summed E-state index contributed by atoms with van der Waals surface area (Å²) in [5.74, 6) is 0.129. The van der Waals surface area contributed by atoms with E-state index < -0.39 is 0 Å². The van der Waals surface area contributed by atoms with Crippen molar-refractivity contribution >= 4 is 39.8 Å². The van der Waals surface area contributed by atoms with Gasteiger partial charge in [0.25, 0.3) is 0 Å². The molecule has 1 atom stereocenters. The number of amidine groups is 1. The van der Waals surface area contributed by atoms with Crippen LogP contribution in [-0.2, 0) is 11.3 Å². The molecule has 152 valence electrons. The van der Waals surface area contributed by atoms with Crippen LogP contribution in [0.25, 0.3) is 10.8 Å². The summed E-state index contributed by atoms with van der Waals surface area (Å²) in [6, 6.07) is 22.5. The third kappa shape index (κ3) is 4.31. The van der Waals surface area contributed by atoms with Crippen LogP contribution in [0.4, 0.5) is 0 Å². The standard InChI is InChI=1S/C25H25N3OS/c1-3-9-23-24(29)28(17-21-12-5-4-10-18(21)2)25(30-23)27-26-16-20-14-8-13-19-11-6-7-15-22(19)20/h4-8,10-16,23H,3,9,17H2,1-2H3/b26-16+,27-25-. The van der Waals surface area contributed by atoms with E-state index in [-0.39, 0.29) is 11.2 Å². The summed E-state index contributed by atoms with van der Waals surface area (Å²) < 4.78 is 0. The van der Waals surface area contributed by atoms with Crippen LogP contribution in [0.2, 0.25) is 0 Å². The maximum absolute atomic E-state index is 13.0. The molecule has 0 radical (unpaired) electrons. The van der Waals surface area contributed by atoms with Crippen molar-refractivity contribution in [3.8, 4) is 0 Å². The van der Waals surface area contributed by atoms with Crippen LogP contribution in [0, 0.1) is 6.92 Å². The molecule has 0 aromatic heterocycles. The van der Waals surface area contributed by atoms with Gasteiger partial charge in [0, 0.05) is 5.56 Å². The minimum absolute atomic E-state index is 0.0782. The Bertz CT molecular complexity index is 1120. The first-order valence-corrected chi connectivity index (χ1v) is 11.2. The normalized spacial score (nSPS) is 18.2. The van der Waals surface area contributed by atoms with E-state index >= 15 is 0 Å². The zero-order chi connectivity index (χ0) is 20.9. The zero-order valence-corrected chi connectivity index (χ0v) is 18.1. The average Bonchev–Trinajstić information content (AvgIpc) is 3.05. The molecule has 1 fully saturated rings. The molecule has 3 aromatic rings. The maximum atomic E-state index is 13.0. The van der Waals surface area contributed by atoms with Gasteiger partial charge in [-0.2, -0.15) is 5.10 Å². The first kappa shape index (κ1) is 20.4. The fourth-order valence-corrected chi connectivity index (χ4v) is 4.85. The molecular formula is C25H25N3OS. The predicted molar refractivity (Wildman–Crippen MR) is 127 cm³/mol. The van der Waals surface area contributed by atoms with Crippen LogP contribution in [0.3, 0.4) is 0 Å². The number of hydrogen-bond donors (Lipinski definition) is 0. The van der Waals surface area contributed by atoms with Crippen molar-refractivity contribution < 1.29 is 4.79 Å². The summed E-state index contributed by atoms with van der Waals surface area (Å²) >= 11 is 1.53. The molecule has 0 N–H and O–H groups in total. The van der Waals surface area contributed by atoms with Crippen LogP contribution in [-0.4, -0.2) is 27.4 Å². The van der Waals surface area contributed by atoms with E-state index in [9.17, 15) is 4.79 Å². The Balaban J connectivity index is 1.62. The van der Waals surface area contributed by atoms with Gasteiger partial charge in [-0.25, -0.2) is 0 Å². The molecule has 1 unspecified atom stereocenters. The van der Waals surface area contributed by atoms with Gasteiger partial charge >= 0.3 is 0 Å². The van der Waals surface area contributed by atoms with Crippen LogP contribution >= 0.6 is 11.8 Å². The van der Waals surface area contributed by atoms with Gasteiger partial charge in [0.15, 0.2) is 5.17 Å². The average molecular weight is 416 g/mol. The van der Waals surface area contributed by atoms with Crippen molar-refractivity contribution in [2.24, 2.45) is 10.2 Å². The van der Waals surface area contributed by atoms with Gasteiger partial charge in [0.05, 0.1) is 18.0 Å². The van der Waals surface area contributed by atoms with E-state index in [2.05, 4.69) is 54.4 Å². The summed E-state index contributed by atoms with van der Waals surface area (Å²) in [4.78, 5) is 14.8. The molecule has 0 saturated carbocycles. The number of thioether (sulfide) groups is 1. The summed E-state index contributed by atoms with van der Waals surface area (Å²) in [6.45, 7) is 4.71. The first-order chi connectivity index (χ1) is 14.7. The highest BCUT2D eigenvalue weighted by Crippen LogP contribution is 2.32. The van der Waals surface area contributed by atoms with E-state index in [1.807, 2.05) is 36.4 Å². The Morgan fingerprint density at radius 3 is 2.63 bits per heavy atom. The minimum Gasteiger partial charge on any atom is -0.284 e. The van der Waals surface area contributed by atoms with Crippen molar-refractivity contribution in [1.29, 1.82) is 0 Å². The van der Waals surface area contributed by atoms with E-state index in [1.165, 1.54) is 22.7 Å². The largest absolute Gasteiger partial charge is 0.284 e. The molecule has 0 aliphatic carbocycles. The smallest absolute Gasteiger partial charge is 0.242 e. The number of carbonyl (C=O) groups excluding carboxylic acids is 1. The number of amides is 1. The number of aryl methyl sites for hydroxylation is 1. The van der Waals surface area contributed by atoms with Crippen LogP contribution < -0.4 is 0 Å². The Hall–Kier alpha value is -2.92. The van der Waals surface area contributed by atoms with Crippen molar-refractivity contribution in [3.63, 3.8) is 0 Å². The summed E-state index contributed by atoms with van der Waals surface area (Å²) in [5, 5.41) is 11.7. The first-order valence-electron chi connectivity index (χ1n) is 10.3. The number of benzene rings is 3. The minimum atomic E-state index is -0.0782. The second-order valence-electron chi connectivity index (χ2n) is 7.44. The highest BCUT2D eigenvalue weighted by molar-refractivity contribution is 8.15. The molecule has 1 aliphatic rings. The molecular weight excluding hydrogens is 390 g/mol. The molecule has 5 heteroatoms. The van der Waals surface area contributed by atoms with E-state index in [1.54, 1.807) is 11.1 Å². The fourth-order valence-electron chi connectivity index (χ4n) is 3.64. The lowest BCUT2D eigenvalue weighted by atomic mass is 10.1. The highest BCUT2D eigenvalue weighted by Gasteiger charge is 2.37. The second-order valence-corrected chi connectivity index (χ2v) is 8.61. The van der Waals surface area contributed by atoms with Gasteiger partial charge in [0.2, 0.25) is 5.91 Å². The lowest BCUT2D eigenvalue weighted by molar-refractivity contribution is -0.126. The number of hydrogen-bond acceptors (Lipinski definition) is 4. The van der Waals surface area contributed by atoms with Crippen molar-refractivity contribution in [2.75, 3.05) is 0 Å². The zero-order valence-electron chi connectivity index (χ0n) is 17.3. The topological polar surface area (TPSA) is 45.0 Å². The highest BCUT2D eigenvalue weighted by atomic mass is 32.2. The Kier molecular flexibility index (Phi) is 6.29. The maximum Gasteiger partial charge on any atom is 0.242 e. The quantitative estimate of drug-likeness (QED) is 0.378. The van der Waals surface area contributed by atoms with Gasteiger partial charge in [-0.15, -0.1) is 5.10 Å². The molecule has 1 saturated heterocycles. The number of nitrogens with zero attached hydrogens (tertiary/aromatic N) is 3. The van der Waals surface area contributed by atoms with Crippen molar-refractivity contribution in [1.82, 2.24) is 4.90 Å². The Labute approximate surface area is 181 Å². The molecule has 0 bridgehead atoms. The molecule has 1 heterocycles. The third-order valence-corrected chi connectivity index (χ3v) is 6.56. The fraction of sp³-hybridized carbons (Fsp3) is 0.240. The molecule has 4 nitrogen and oxygen atoms in total. The van der Waals surface area contributed by atoms with Crippen LogP contribution in [0.1, 0.15) is 36.5 Å². The Morgan fingerprint density at radius 2 is 1.80 bits per heavy atom. The van der Waals surface area contributed by atoms with Gasteiger partial charge in [-0.05, 0) is 35.2 Å². The van der Waals surface area contributed by atoms with E-state index in [4.69, 9.17) is 0 Å². The summed E-state index contributed by atoms with van der Waals surface area (Å²) in [5.41, 5.74) is 3.32. The molecule has 30 heavy (non-hydrogen) atoms. The SMILES string of the molecule is CCCC1S/C(=N\N=C\c2cccc3ccccc23)N(Cc2ccccc2C)C1=O. The van der Waals surface area contributed by atoms with Crippen molar-refractivity contribution in [2.45, 2.75) is 38.5 Å². The molecule has 1 aliphatic heterocycles. The van der Waals surface area contributed by atoms with Crippen molar-refractivity contribution in [3.05, 3.63) is 83.4 Å². The van der Waals surface area contributed by atoms with Gasteiger partial charge in [-0.3, -0.25) is 9.69 Å². The lowest BCUT2D eigenvalue weighted by Crippen LogP contribution is -2.31. The van der Waals surface area contributed by atoms with Gasteiger partial charge < -0.3 is 0 Å². The molecule has 1 amide bonds. The molecule has 3 aromatic carbocycles. The lowest BCUT2D eigenvalue weighted by Gasteiger charge is -2.17. The predicted octanol–water partition coefficient (Wildman–Crippen LogP) is 5.78. The van der Waals surface area contributed by atoms with Gasteiger partial charge in [0.1, 0.15) is 0 Å². The summed E-state index contributed by atoms with van der Waals surface area (Å²) in [6.07, 6.45) is 3.59. The number of carbonyl (C=O) groups is 1. The van der Waals surface area contributed by atoms with E-state index in [0.29, 0.717) is 11.7 Å².